The Morgan fingerprint density at radius 1 is 0.905 bits per heavy atom. The van der Waals surface area contributed by atoms with Crippen molar-refractivity contribution in [2.24, 2.45) is 0 Å². The van der Waals surface area contributed by atoms with E-state index in [1.54, 1.807) is 0 Å². The summed E-state index contributed by atoms with van der Waals surface area (Å²) in [4.78, 5) is 0. The quantitative estimate of drug-likeness (QED) is 0.520. The third-order valence-corrected chi connectivity index (χ3v) is 3.29. The lowest BCUT2D eigenvalue weighted by Crippen LogP contribution is -2.39. The molecule has 0 amide bonds. The van der Waals surface area contributed by atoms with Crippen LogP contribution in [0.1, 0.15) is 26.6 Å². The van der Waals surface area contributed by atoms with Crippen LogP contribution in [0.5, 0.6) is 0 Å². The molecule has 0 atom stereocenters. The van der Waals surface area contributed by atoms with E-state index < -0.39 is 0 Å². The Balaban J connectivity index is 2.17. The number of rotatable bonds is 2. The molecule has 0 aliphatic heterocycles. The molecule has 0 aliphatic carbocycles. The van der Waals surface area contributed by atoms with Crippen molar-refractivity contribution in [2.45, 2.75) is 26.2 Å². The van der Waals surface area contributed by atoms with Gasteiger partial charge in [0.25, 0.3) is 0 Å². The number of benzene rings is 2. The van der Waals surface area contributed by atoms with Crippen LogP contribution in [-0.4, -0.2) is 9.78 Å². The molecule has 0 fully saturated rings. The number of hydrogen-bond acceptors (Lipinski definition) is 1. The van der Waals surface area contributed by atoms with Crippen molar-refractivity contribution >= 4 is 0 Å². The second-order valence-corrected chi connectivity index (χ2v) is 6.09. The van der Waals surface area contributed by atoms with E-state index in [1.807, 2.05) is 57.8 Å². The van der Waals surface area contributed by atoms with Gasteiger partial charge in [0.1, 0.15) is 0 Å². The van der Waals surface area contributed by atoms with E-state index in [0.717, 1.165) is 17.2 Å². The summed E-state index contributed by atoms with van der Waals surface area (Å²) < 4.78 is 3.85. The maximum absolute atomic E-state index is 4.75. The second-order valence-electron chi connectivity index (χ2n) is 6.09. The Bertz CT molecular complexity index is 722. The lowest BCUT2D eigenvalue weighted by atomic mass is 9.95. The smallest absolute Gasteiger partial charge is 0.212 e. The van der Waals surface area contributed by atoms with Gasteiger partial charge in [-0.15, -0.1) is 0 Å². The normalized spacial score (nSPS) is 11.6. The molecule has 0 saturated heterocycles. The zero-order valence-corrected chi connectivity index (χ0v) is 12.6. The van der Waals surface area contributed by atoms with Crippen molar-refractivity contribution in [3.05, 3.63) is 72.8 Å². The van der Waals surface area contributed by atoms with Crippen LogP contribution >= 0.6 is 0 Å². The van der Waals surface area contributed by atoms with Crippen molar-refractivity contribution < 1.29 is 4.57 Å². The van der Waals surface area contributed by atoms with Crippen molar-refractivity contribution in [3.8, 4) is 11.4 Å². The molecule has 0 spiro atoms. The summed E-state index contributed by atoms with van der Waals surface area (Å²) in [5, 5.41) is 4.75. The van der Waals surface area contributed by atoms with Gasteiger partial charge in [-0.3, -0.25) is 0 Å². The Hall–Kier alpha value is -2.42. The van der Waals surface area contributed by atoms with Crippen LogP contribution in [0.15, 0.2) is 60.7 Å². The van der Waals surface area contributed by atoms with Crippen LogP contribution in [0, 0.1) is 6.33 Å². The molecule has 3 heteroatoms. The van der Waals surface area contributed by atoms with E-state index in [4.69, 9.17) is 5.10 Å². The minimum atomic E-state index is -0.0631. The fraction of sp³-hybridized carbons (Fsp3) is 0.222. The molecule has 0 N–H and O–H groups in total. The molecule has 3 rings (SSSR count). The summed E-state index contributed by atoms with van der Waals surface area (Å²) in [5.41, 5.74) is 2.02. The summed E-state index contributed by atoms with van der Waals surface area (Å²) in [6.45, 7) is 6.49. The first-order valence-corrected chi connectivity index (χ1v) is 7.11. The monoisotopic (exact) mass is 277 g/mol. The molecular formula is C18H19N3. The molecule has 0 saturated carbocycles. The second kappa shape index (κ2) is 5.17. The molecule has 106 valence electrons. The third-order valence-electron chi connectivity index (χ3n) is 3.29. The first kappa shape index (κ1) is 13.6. The molecule has 0 radical (unpaired) electrons. The summed E-state index contributed by atoms with van der Waals surface area (Å²) in [6, 6.07) is 20.3. The molecule has 0 bridgehead atoms. The summed E-state index contributed by atoms with van der Waals surface area (Å²) in [5.74, 6) is 0.984. The van der Waals surface area contributed by atoms with Crippen molar-refractivity contribution in [2.75, 3.05) is 0 Å². The Kier molecular flexibility index (Phi) is 3.34. The molecule has 0 aliphatic rings. The average Bonchev–Trinajstić information content (AvgIpc) is 2.94. The first-order valence-electron chi connectivity index (χ1n) is 7.11. The van der Waals surface area contributed by atoms with Crippen LogP contribution in [0.4, 0.5) is 0 Å². The molecule has 2 aromatic carbocycles. The van der Waals surface area contributed by atoms with Gasteiger partial charge in [0.05, 0.1) is 5.69 Å². The SMILES string of the molecule is CC(C)(C)c1nn(-c2ccccc2)[c-][n+]1-c1ccccc1. The largest absolute Gasteiger partial charge is 0.318 e. The topological polar surface area (TPSA) is 21.7 Å². The lowest BCUT2D eigenvalue weighted by molar-refractivity contribution is -0.613. The van der Waals surface area contributed by atoms with E-state index in [-0.39, 0.29) is 5.41 Å². The standard InChI is InChI=1S/C18H19N3/c1-18(2,3)17-19-21(16-12-8-5-9-13-16)14-20(17)15-10-6-4-7-11-15/h4-13H,1-3H3. The van der Waals surface area contributed by atoms with Crippen LogP contribution in [0.2, 0.25) is 0 Å². The predicted octanol–water partition coefficient (Wildman–Crippen LogP) is 3.25. The highest BCUT2D eigenvalue weighted by Gasteiger charge is 2.25. The van der Waals surface area contributed by atoms with E-state index in [9.17, 15) is 0 Å². The highest BCUT2D eigenvalue weighted by Crippen LogP contribution is 2.18. The van der Waals surface area contributed by atoms with E-state index >= 15 is 0 Å². The maximum atomic E-state index is 4.75. The number of aromatic nitrogens is 3. The van der Waals surface area contributed by atoms with Crippen molar-refractivity contribution in [1.29, 1.82) is 0 Å². The van der Waals surface area contributed by atoms with Gasteiger partial charge in [-0.05, 0) is 5.10 Å². The van der Waals surface area contributed by atoms with E-state index in [0.29, 0.717) is 0 Å². The molecule has 3 nitrogen and oxygen atoms in total. The van der Waals surface area contributed by atoms with E-state index in [2.05, 4.69) is 39.2 Å². The van der Waals surface area contributed by atoms with Crippen LogP contribution in [-0.2, 0) is 5.41 Å². The minimum absolute atomic E-state index is 0.0631. The zero-order valence-electron chi connectivity index (χ0n) is 12.6. The van der Waals surface area contributed by atoms with Crippen LogP contribution in [0.3, 0.4) is 0 Å². The maximum Gasteiger partial charge on any atom is 0.212 e. The summed E-state index contributed by atoms with van der Waals surface area (Å²) in [6.07, 6.45) is 3.34. The number of para-hydroxylation sites is 2. The van der Waals surface area contributed by atoms with Crippen LogP contribution in [0.25, 0.3) is 11.4 Å². The average molecular weight is 277 g/mol. The number of hydrogen-bond donors (Lipinski definition) is 0. The minimum Gasteiger partial charge on any atom is -0.318 e. The van der Waals surface area contributed by atoms with Gasteiger partial charge in [-0.25, -0.2) is 0 Å². The molecule has 1 heterocycles. The van der Waals surface area contributed by atoms with Crippen LogP contribution < -0.4 is 4.57 Å². The number of nitrogens with zero attached hydrogens (tertiary/aromatic N) is 3. The lowest BCUT2D eigenvalue weighted by Gasteiger charge is -2.17. The molecule has 1 aromatic heterocycles. The summed E-state index contributed by atoms with van der Waals surface area (Å²) >= 11 is 0. The van der Waals surface area contributed by atoms with Gasteiger partial charge in [0.15, 0.2) is 0 Å². The Morgan fingerprint density at radius 3 is 2.05 bits per heavy atom. The van der Waals surface area contributed by atoms with Gasteiger partial charge in [0, 0.05) is 11.1 Å². The van der Waals surface area contributed by atoms with Gasteiger partial charge in [0.2, 0.25) is 12.2 Å². The van der Waals surface area contributed by atoms with Gasteiger partial charge in [-0.1, -0.05) is 81.4 Å². The summed E-state index contributed by atoms with van der Waals surface area (Å²) in [7, 11) is 0. The molecule has 3 aromatic rings. The highest BCUT2D eigenvalue weighted by molar-refractivity contribution is 5.29. The molecule has 0 unspecified atom stereocenters. The zero-order chi connectivity index (χ0) is 14.9. The van der Waals surface area contributed by atoms with Gasteiger partial charge < -0.3 is 4.57 Å². The van der Waals surface area contributed by atoms with Crippen molar-refractivity contribution in [1.82, 2.24) is 9.78 Å². The van der Waals surface area contributed by atoms with Gasteiger partial charge >= 0.3 is 0 Å². The van der Waals surface area contributed by atoms with Crippen molar-refractivity contribution in [3.63, 3.8) is 0 Å². The fourth-order valence-corrected chi connectivity index (χ4v) is 2.23. The predicted molar refractivity (Wildman–Crippen MR) is 82.6 cm³/mol. The Morgan fingerprint density at radius 2 is 1.48 bits per heavy atom. The highest BCUT2D eigenvalue weighted by atomic mass is 15.4. The third kappa shape index (κ3) is 2.72. The molecular weight excluding hydrogens is 258 g/mol. The Labute approximate surface area is 125 Å². The fourth-order valence-electron chi connectivity index (χ4n) is 2.23. The first-order chi connectivity index (χ1) is 10.1. The molecule has 21 heavy (non-hydrogen) atoms. The van der Waals surface area contributed by atoms with E-state index in [1.165, 1.54) is 0 Å². The van der Waals surface area contributed by atoms with Gasteiger partial charge in [-0.2, -0.15) is 4.68 Å².